The predicted octanol–water partition coefficient (Wildman–Crippen LogP) is 2.87. The average Bonchev–Trinajstić information content (AvgIpc) is 3.19. The molecule has 0 aliphatic carbocycles. The van der Waals surface area contributed by atoms with E-state index in [-0.39, 0.29) is 18.1 Å². The summed E-state index contributed by atoms with van der Waals surface area (Å²) >= 11 is 0. The van der Waals surface area contributed by atoms with Crippen LogP contribution in [0.2, 0.25) is 0 Å². The molecule has 0 fully saturated rings. The van der Waals surface area contributed by atoms with Crippen LogP contribution >= 0.6 is 0 Å². The summed E-state index contributed by atoms with van der Waals surface area (Å²) in [6.07, 6.45) is 1.51. The molecule has 2 aromatic carbocycles. The van der Waals surface area contributed by atoms with Gasteiger partial charge in [0.15, 0.2) is 6.61 Å². The number of carbonyl (C=O) groups excluding carboxylic acids is 1. The van der Waals surface area contributed by atoms with Gasteiger partial charge in [-0.2, -0.15) is 0 Å². The molecule has 0 radical (unpaired) electrons. The summed E-state index contributed by atoms with van der Waals surface area (Å²) in [6.45, 7) is 6.56. The van der Waals surface area contributed by atoms with E-state index in [0.29, 0.717) is 12.3 Å². The van der Waals surface area contributed by atoms with Gasteiger partial charge in [-0.05, 0) is 48.9 Å². The number of ether oxygens (including phenoxy) is 1. The van der Waals surface area contributed by atoms with E-state index >= 15 is 0 Å². The summed E-state index contributed by atoms with van der Waals surface area (Å²) in [5.41, 5.74) is 1.54. The zero-order valence-corrected chi connectivity index (χ0v) is 15.7. The molecule has 3 rings (SSSR count). The zero-order chi connectivity index (χ0) is 19.3. The summed E-state index contributed by atoms with van der Waals surface area (Å²) in [6, 6.07) is 17.2. The molecule has 140 valence electrons. The molecule has 0 atom stereocenters. The number of tetrazole rings is 1. The Hall–Kier alpha value is -3.22. The third kappa shape index (κ3) is 4.91. The third-order valence-corrected chi connectivity index (χ3v) is 4.09. The van der Waals surface area contributed by atoms with E-state index in [9.17, 15) is 4.79 Å². The van der Waals surface area contributed by atoms with E-state index in [4.69, 9.17) is 4.74 Å². The lowest BCUT2D eigenvalue weighted by Gasteiger charge is -2.35. The summed E-state index contributed by atoms with van der Waals surface area (Å²) in [5, 5.41) is 11.1. The molecule has 0 bridgehead atoms. The van der Waals surface area contributed by atoms with Gasteiger partial charge in [-0.3, -0.25) is 4.79 Å². The molecule has 1 heterocycles. The maximum atomic E-state index is 12.8. The van der Waals surface area contributed by atoms with Crippen molar-refractivity contribution in [3.63, 3.8) is 0 Å². The Morgan fingerprint density at radius 2 is 1.89 bits per heavy atom. The van der Waals surface area contributed by atoms with Gasteiger partial charge in [0.25, 0.3) is 5.91 Å². The smallest absolute Gasteiger partial charge is 0.261 e. The highest BCUT2D eigenvalue weighted by molar-refractivity contribution is 5.78. The Labute approximate surface area is 158 Å². The number of nitrogens with zero attached hydrogens (tertiary/aromatic N) is 5. The number of rotatable bonds is 6. The quantitative estimate of drug-likeness (QED) is 0.672. The van der Waals surface area contributed by atoms with Crippen LogP contribution in [0.3, 0.4) is 0 Å². The van der Waals surface area contributed by atoms with Crippen molar-refractivity contribution >= 4 is 5.91 Å². The van der Waals surface area contributed by atoms with Crippen molar-refractivity contribution in [3.05, 3.63) is 66.5 Å². The van der Waals surface area contributed by atoms with Crippen LogP contribution in [0.5, 0.6) is 5.75 Å². The molecule has 0 N–H and O–H groups in total. The van der Waals surface area contributed by atoms with Crippen LogP contribution in [0.25, 0.3) is 5.69 Å². The minimum atomic E-state index is -0.315. The lowest BCUT2D eigenvalue weighted by atomic mass is 10.0. The van der Waals surface area contributed by atoms with Crippen molar-refractivity contribution in [3.8, 4) is 11.4 Å². The van der Waals surface area contributed by atoms with Crippen molar-refractivity contribution in [2.45, 2.75) is 32.9 Å². The Morgan fingerprint density at radius 1 is 1.11 bits per heavy atom. The molecule has 1 aromatic heterocycles. The predicted molar refractivity (Wildman–Crippen MR) is 101 cm³/mol. The molecule has 7 heteroatoms. The van der Waals surface area contributed by atoms with Crippen LogP contribution in [0.15, 0.2) is 60.9 Å². The highest BCUT2D eigenvalue weighted by Gasteiger charge is 2.26. The number of amides is 1. The Kier molecular flexibility index (Phi) is 5.49. The number of hydrogen-bond donors (Lipinski definition) is 0. The second kappa shape index (κ2) is 7.99. The van der Waals surface area contributed by atoms with Crippen LogP contribution in [0, 0.1) is 0 Å². The van der Waals surface area contributed by atoms with Crippen molar-refractivity contribution in [1.82, 2.24) is 25.1 Å². The van der Waals surface area contributed by atoms with Gasteiger partial charge < -0.3 is 9.64 Å². The first kappa shape index (κ1) is 18.6. The van der Waals surface area contributed by atoms with E-state index in [1.54, 1.807) is 12.1 Å². The summed E-state index contributed by atoms with van der Waals surface area (Å²) < 4.78 is 7.28. The molecular weight excluding hydrogens is 342 g/mol. The van der Waals surface area contributed by atoms with Crippen molar-refractivity contribution in [2.75, 3.05) is 6.61 Å². The van der Waals surface area contributed by atoms with Crippen LogP contribution in [0.1, 0.15) is 26.3 Å². The molecule has 3 aromatic rings. The first-order chi connectivity index (χ1) is 12.9. The molecule has 0 aliphatic heterocycles. The lowest BCUT2D eigenvalue weighted by Crippen LogP contribution is -2.47. The number of carbonyl (C=O) groups is 1. The van der Waals surface area contributed by atoms with Gasteiger partial charge in [0.05, 0.1) is 5.69 Å². The minimum Gasteiger partial charge on any atom is -0.484 e. The maximum absolute atomic E-state index is 12.8. The Balaban J connectivity index is 1.68. The molecule has 27 heavy (non-hydrogen) atoms. The second-order valence-corrected chi connectivity index (χ2v) is 7.18. The van der Waals surface area contributed by atoms with E-state index in [0.717, 1.165) is 11.3 Å². The van der Waals surface area contributed by atoms with Crippen LogP contribution in [-0.2, 0) is 11.3 Å². The van der Waals surface area contributed by atoms with Crippen molar-refractivity contribution in [2.24, 2.45) is 0 Å². The third-order valence-electron chi connectivity index (χ3n) is 4.09. The SMILES string of the molecule is CC(C)(C)N(Cc1ccccc1)C(=O)COc1cccc(-n2cnnn2)c1. The molecule has 0 unspecified atom stereocenters. The maximum Gasteiger partial charge on any atom is 0.261 e. The number of hydrogen-bond acceptors (Lipinski definition) is 5. The fraction of sp³-hybridized carbons (Fsp3) is 0.300. The summed E-state index contributed by atoms with van der Waals surface area (Å²) in [4.78, 5) is 14.7. The second-order valence-electron chi connectivity index (χ2n) is 7.18. The lowest BCUT2D eigenvalue weighted by molar-refractivity contribution is -0.139. The fourth-order valence-corrected chi connectivity index (χ4v) is 2.68. The molecule has 1 amide bonds. The Bertz CT molecular complexity index is 873. The highest BCUT2D eigenvalue weighted by atomic mass is 16.5. The van der Waals surface area contributed by atoms with Crippen molar-refractivity contribution in [1.29, 1.82) is 0 Å². The zero-order valence-electron chi connectivity index (χ0n) is 15.7. The van der Waals surface area contributed by atoms with Crippen LogP contribution < -0.4 is 4.74 Å². The highest BCUT2D eigenvalue weighted by Crippen LogP contribution is 2.19. The standard InChI is InChI=1S/C20H23N5O2/c1-20(2,3)24(13-16-8-5-4-6-9-16)19(26)14-27-18-11-7-10-17(12-18)25-15-21-22-23-25/h4-12,15H,13-14H2,1-3H3. The van der Waals surface area contributed by atoms with E-state index < -0.39 is 0 Å². The molecule has 0 saturated carbocycles. The fourth-order valence-electron chi connectivity index (χ4n) is 2.68. The summed E-state index contributed by atoms with van der Waals surface area (Å²) in [5.74, 6) is 0.518. The van der Waals surface area contributed by atoms with Crippen molar-refractivity contribution < 1.29 is 9.53 Å². The molecule has 7 nitrogen and oxygen atoms in total. The molecule has 0 saturated heterocycles. The van der Waals surface area contributed by atoms with Gasteiger partial charge in [-0.15, -0.1) is 5.10 Å². The van der Waals surface area contributed by atoms with Gasteiger partial charge in [-0.1, -0.05) is 36.4 Å². The first-order valence-corrected chi connectivity index (χ1v) is 8.74. The van der Waals surface area contributed by atoms with Gasteiger partial charge in [0.2, 0.25) is 0 Å². The van der Waals surface area contributed by atoms with E-state index in [1.165, 1.54) is 11.0 Å². The van der Waals surface area contributed by atoms with Crippen LogP contribution in [0.4, 0.5) is 0 Å². The molecule has 0 spiro atoms. The van der Waals surface area contributed by atoms with E-state index in [1.807, 2.05) is 68.1 Å². The Morgan fingerprint density at radius 3 is 2.56 bits per heavy atom. The van der Waals surface area contributed by atoms with Gasteiger partial charge >= 0.3 is 0 Å². The average molecular weight is 365 g/mol. The number of aromatic nitrogens is 4. The first-order valence-electron chi connectivity index (χ1n) is 8.74. The van der Waals surface area contributed by atoms with E-state index in [2.05, 4.69) is 15.5 Å². The molecular formula is C20H23N5O2. The normalized spacial score (nSPS) is 11.2. The van der Waals surface area contributed by atoms with Gasteiger partial charge in [-0.25, -0.2) is 4.68 Å². The van der Waals surface area contributed by atoms with Gasteiger partial charge in [0, 0.05) is 18.2 Å². The van der Waals surface area contributed by atoms with Crippen LogP contribution in [-0.4, -0.2) is 43.2 Å². The largest absolute Gasteiger partial charge is 0.484 e. The topological polar surface area (TPSA) is 73.1 Å². The minimum absolute atomic E-state index is 0.0385. The number of benzene rings is 2. The van der Waals surface area contributed by atoms with Gasteiger partial charge in [0.1, 0.15) is 12.1 Å². The molecule has 0 aliphatic rings. The monoisotopic (exact) mass is 365 g/mol. The summed E-state index contributed by atoms with van der Waals surface area (Å²) in [7, 11) is 0.